The van der Waals surface area contributed by atoms with Gasteiger partial charge < -0.3 is 14.6 Å². The average molecular weight is 344 g/mol. The number of benzene rings is 1. The molecule has 0 amide bonds. The lowest BCUT2D eigenvalue weighted by Crippen LogP contribution is -2.61. The molecule has 0 radical (unpaired) electrons. The first-order valence-corrected chi connectivity index (χ1v) is 9.59. The summed E-state index contributed by atoms with van der Waals surface area (Å²) in [6, 6.07) is 4.00. The minimum absolute atomic E-state index is 0.202. The maximum absolute atomic E-state index is 11.1. The van der Waals surface area contributed by atoms with Gasteiger partial charge in [-0.25, -0.2) is 0 Å². The molecule has 0 aliphatic heterocycles. The molecule has 4 atom stereocenters. The van der Waals surface area contributed by atoms with Crippen LogP contribution in [-0.4, -0.2) is 24.9 Å². The first kappa shape index (κ1) is 18.3. The van der Waals surface area contributed by atoms with Crippen molar-refractivity contribution >= 4 is 0 Å². The van der Waals surface area contributed by atoms with Gasteiger partial charge in [-0.1, -0.05) is 39.0 Å². The molecular formula is C22H32O3. The Hall–Kier alpha value is -1.48. The molecule has 1 aromatic rings. The van der Waals surface area contributed by atoms with E-state index in [-0.39, 0.29) is 11.0 Å². The largest absolute Gasteiger partial charge is 0.504 e. The second kappa shape index (κ2) is 6.68. The third-order valence-electron chi connectivity index (χ3n) is 7.05. The summed E-state index contributed by atoms with van der Waals surface area (Å²) in [4.78, 5) is 0. The zero-order chi connectivity index (χ0) is 18.2. The molecule has 1 N–H and O–H groups in total. The molecule has 2 aliphatic rings. The smallest absolute Gasteiger partial charge is 0.161 e. The lowest BCUT2D eigenvalue weighted by molar-refractivity contribution is -0.124. The second-order valence-electron chi connectivity index (χ2n) is 7.83. The summed E-state index contributed by atoms with van der Waals surface area (Å²) >= 11 is 0. The molecule has 1 saturated carbocycles. The van der Waals surface area contributed by atoms with E-state index in [4.69, 9.17) is 9.47 Å². The zero-order valence-corrected chi connectivity index (χ0v) is 16.3. The van der Waals surface area contributed by atoms with E-state index < -0.39 is 0 Å². The minimum atomic E-state index is -0.378. The van der Waals surface area contributed by atoms with Crippen LogP contribution in [0.15, 0.2) is 24.3 Å². The fraction of sp³-hybridized carbons (Fsp3) is 0.636. The van der Waals surface area contributed by atoms with Gasteiger partial charge >= 0.3 is 0 Å². The number of aryl methyl sites for hydroxylation is 1. The van der Waals surface area contributed by atoms with Crippen LogP contribution >= 0.6 is 0 Å². The van der Waals surface area contributed by atoms with Gasteiger partial charge in [0.25, 0.3) is 0 Å². The van der Waals surface area contributed by atoms with E-state index in [1.165, 1.54) is 5.56 Å². The molecule has 2 aliphatic carbocycles. The van der Waals surface area contributed by atoms with Crippen molar-refractivity contribution in [2.45, 2.75) is 63.9 Å². The third kappa shape index (κ3) is 2.43. The average Bonchev–Trinajstić information content (AvgIpc) is 2.64. The van der Waals surface area contributed by atoms with E-state index in [0.717, 1.165) is 37.7 Å². The van der Waals surface area contributed by atoms with E-state index in [1.807, 2.05) is 13.2 Å². The summed E-state index contributed by atoms with van der Waals surface area (Å²) in [5.74, 6) is 1.85. The van der Waals surface area contributed by atoms with Crippen molar-refractivity contribution in [3.8, 4) is 11.5 Å². The van der Waals surface area contributed by atoms with Gasteiger partial charge in [-0.05, 0) is 55.6 Å². The number of hydrogen-bond donors (Lipinski definition) is 1. The summed E-state index contributed by atoms with van der Waals surface area (Å²) in [5, 5.41) is 11.1. The number of allylic oxidation sites excluding steroid dienone is 1. The number of phenols is 1. The van der Waals surface area contributed by atoms with Crippen molar-refractivity contribution in [1.29, 1.82) is 0 Å². The fourth-order valence-corrected chi connectivity index (χ4v) is 5.50. The van der Waals surface area contributed by atoms with Crippen LogP contribution in [0.3, 0.4) is 0 Å². The van der Waals surface area contributed by atoms with Crippen LogP contribution in [0.2, 0.25) is 0 Å². The standard InChI is InChI=1S/C22H32O3/c1-6-17-9-10-18(24-4)20(23)19(17)21-12-7-8-13-22(21,25-5)16(3)15(2)11-14-21/h8-10,13,15-16,23H,6-7,11-12,14H2,1-5H3/t15-,16?,21-,22?/m1/s1. The molecule has 0 heterocycles. The highest BCUT2D eigenvalue weighted by atomic mass is 16.5. The summed E-state index contributed by atoms with van der Waals surface area (Å²) < 4.78 is 11.8. The molecule has 0 saturated heterocycles. The molecule has 1 aromatic carbocycles. The lowest BCUT2D eigenvalue weighted by atomic mass is 9.49. The van der Waals surface area contributed by atoms with Crippen molar-refractivity contribution in [2.24, 2.45) is 11.8 Å². The van der Waals surface area contributed by atoms with Crippen LogP contribution < -0.4 is 4.74 Å². The molecular weight excluding hydrogens is 312 g/mol. The summed E-state index contributed by atoms with van der Waals surface area (Å²) in [6.45, 7) is 6.79. The Morgan fingerprint density at radius 2 is 1.96 bits per heavy atom. The van der Waals surface area contributed by atoms with Crippen molar-refractivity contribution < 1.29 is 14.6 Å². The van der Waals surface area contributed by atoms with Crippen LogP contribution in [0, 0.1) is 11.8 Å². The maximum atomic E-state index is 11.1. The van der Waals surface area contributed by atoms with Crippen LogP contribution in [0.4, 0.5) is 0 Å². The number of ether oxygens (including phenoxy) is 2. The molecule has 3 nitrogen and oxygen atoms in total. The minimum Gasteiger partial charge on any atom is -0.504 e. The predicted octanol–water partition coefficient (Wildman–Crippen LogP) is 5.00. The van der Waals surface area contributed by atoms with Gasteiger partial charge in [-0.3, -0.25) is 0 Å². The van der Waals surface area contributed by atoms with Crippen LogP contribution in [-0.2, 0) is 16.6 Å². The maximum Gasteiger partial charge on any atom is 0.161 e. The zero-order valence-electron chi connectivity index (χ0n) is 16.3. The molecule has 0 bridgehead atoms. The van der Waals surface area contributed by atoms with E-state index in [9.17, 15) is 5.11 Å². The molecule has 3 rings (SSSR count). The predicted molar refractivity (Wildman–Crippen MR) is 101 cm³/mol. The Morgan fingerprint density at radius 1 is 1.20 bits per heavy atom. The highest BCUT2D eigenvalue weighted by Gasteiger charge is 2.60. The molecule has 1 fully saturated rings. The fourth-order valence-electron chi connectivity index (χ4n) is 5.50. The van der Waals surface area contributed by atoms with Crippen LogP contribution in [0.25, 0.3) is 0 Å². The third-order valence-corrected chi connectivity index (χ3v) is 7.05. The summed E-state index contributed by atoms with van der Waals surface area (Å²) in [7, 11) is 3.46. The second-order valence-corrected chi connectivity index (χ2v) is 7.83. The van der Waals surface area contributed by atoms with Crippen molar-refractivity contribution in [2.75, 3.05) is 14.2 Å². The van der Waals surface area contributed by atoms with Gasteiger partial charge in [0.2, 0.25) is 0 Å². The van der Waals surface area contributed by atoms with Gasteiger partial charge in [-0.2, -0.15) is 0 Å². The van der Waals surface area contributed by atoms with Crippen molar-refractivity contribution in [1.82, 2.24) is 0 Å². The topological polar surface area (TPSA) is 38.7 Å². The Labute approximate surface area is 152 Å². The van der Waals surface area contributed by atoms with E-state index in [1.54, 1.807) is 7.11 Å². The first-order chi connectivity index (χ1) is 12.0. The van der Waals surface area contributed by atoms with Gasteiger partial charge in [0, 0.05) is 18.1 Å². The normalized spacial score (nSPS) is 34.6. The SMILES string of the molecule is CCc1ccc(OC)c(O)c1[C@]12CCC=CC1(OC)C(C)[C@H](C)CC2. The Kier molecular flexibility index (Phi) is 4.89. The van der Waals surface area contributed by atoms with Gasteiger partial charge in [0.15, 0.2) is 11.5 Å². The molecule has 0 aromatic heterocycles. The Bertz CT molecular complexity index is 665. The summed E-state index contributed by atoms with van der Waals surface area (Å²) in [6.07, 6.45) is 9.65. The highest BCUT2D eigenvalue weighted by Crippen LogP contribution is 2.60. The number of methoxy groups -OCH3 is 2. The quantitative estimate of drug-likeness (QED) is 0.781. The first-order valence-electron chi connectivity index (χ1n) is 9.59. The van der Waals surface area contributed by atoms with Crippen LogP contribution in [0.1, 0.15) is 57.6 Å². The molecule has 2 unspecified atom stereocenters. The molecule has 138 valence electrons. The van der Waals surface area contributed by atoms with Gasteiger partial charge in [-0.15, -0.1) is 0 Å². The van der Waals surface area contributed by atoms with Crippen molar-refractivity contribution in [3.63, 3.8) is 0 Å². The van der Waals surface area contributed by atoms with Gasteiger partial charge in [0.05, 0.1) is 12.7 Å². The monoisotopic (exact) mass is 344 g/mol. The lowest BCUT2D eigenvalue weighted by Gasteiger charge is -2.59. The van der Waals surface area contributed by atoms with Crippen LogP contribution in [0.5, 0.6) is 11.5 Å². The summed E-state index contributed by atoms with van der Waals surface area (Å²) in [5.41, 5.74) is 1.68. The Morgan fingerprint density at radius 3 is 2.60 bits per heavy atom. The van der Waals surface area contributed by atoms with Gasteiger partial charge in [0.1, 0.15) is 0 Å². The molecule has 25 heavy (non-hydrogen) atoms. The highest BCUT2D eigenvalue weighted by molar-refractivity contribution is 5.56. The Balaban J connectivity index is 2.31. The molecule has 3 heteroatoms. The van der Waals surface area contributed by atoms with E-state index in [0.29, 0.717) is 23.3 Å². The number of rotatable bonds is 4. The van der Waals surface area contributed by atoms with Crippen molar-refractivity contribution in [3.05, 3.63) is 35.4 Å². The van der Waals surface area contributed by atoms with E-state index >= 15 is 0 Å². The number of aromatic hydroxyl groups is 1. The molecule has 0 spiro atoms. The number of fused-ring (bicyclic) bond motifs is 1. The number of hydrogen-bond acceptors (Lipinski definition) is 3. The van der Waals surface area contributed by atoms with E-state index in [2.05, 4.69) is 39.0 Å². The number of phenolic OH excluding ortho intramolecular Hbond substituents is 1.